The molecule has 0 amide bonds. The second kappa shape index (κ2) is 5.36. The summed E-state index contributed by atoms with van der Waals surface area (Å²) in [7, 11) is 0. The van der Waals surface area contributed by atoms with E-state index in [9.17, 15) is 9.90 Å². The van der Waals surface area contributed by atoms with Gasteiger partial charge in [-0.3, -0.25) is 0 Å². The molecule has 0 spiro atoms. The molecule has 0 radical (unpaired) electrons. The first-order chi connectivity index (χ1) is 9.33. The molecule has 0 saturated carbocycles. The lowest BCUT2D eigenvalue weighted by Crippen LogP contribution is -2.53. The number of aromatic nitrogens is 2. The van der Waals surface area contributed by atoms with Gasteiger partial charge in [-0.2, -0.15) is 0 Å². The second-order valence-electron chi connectivity index (χ2n) is 5.94. The first-order valence-corrected chi connectivity index (χ1v) is 6.78. The highest BCUT2D eigenvalue weighted by molar-refractivity contribution is 5.92. The van der Waals surface area contributed by atoms with Gasteiger partial charge in [-0.25, -0.2) is 14.8 Å². The number of ether oxygens (including phenoxy) is 1. The minimum atomic E-state index is -1.02. The van der Waals surface area contributed by atoms with E-state index in [4.69, 9.17) is 4.74 Å². The first kappa shape index (κ1) is 14.7. The van der Waals surface area contributed by atoms with Gasteiger partial charge in [0.2, 0.25) is 0 Å². The Labute approximate surface area is 118 Å². The van der Waals surface area contributed by atoms with E-state index in [0.29, 0.717) is 31.3 Å². The Kier molecular flexibility index (Phi) is 3.94. The van der Waals surface area contributed by atoms with Gasteiger partial charge in [-0.05, 0) is 13.8 Å². The van der Waals surface area contributed by atoms with Crippen LogP contribution in [0.25, 0.3) is 0 Å². The van der Waals surface area contributed by atoms with E-state index in [1.807, 2.05) is 32.6 Å². The molecule has 110 valence electrons. The maximum absolute atomic E-state index is 11.5. The fourth-order valence-electron chi connectivity index (χ4n) is 2.33. The topological polar surface area (TPSA) is 75.6 Å². The summed E-state index contributed by atoms with van der Waals surface area (Å²) in [5.74, 6) is -0.372. The molecule has 2 rings (SSSR count). The number of anilines is 1. The molecule has 1 saturated heterocycles. The van der Waals surface area contributed by atoms with Crippen molar-refractivity contribution in [1.29, 1.82) is 0 Å². The first-order valence-electron chi connectivity index (χ1n) is 6.78. The van der Waals surface area contributed by atoms with E-state index in [0.717, 1.165) is 0 Å². The molecule has 1 fully saturated rings. The summed E-state index contributed by atoms with van der Waals surface area (Å²) in [5.41, 5.74) is 0.361. The molecule has 0 aliphatic carbocycles. The van der Waals surface area contributed by atoms with Crippen molar-refractivity contribution in [2.45, 2.75) is 39.2 Å². The molecule has 1 aromatic rings. The van der Waals surface area contributed by atoms with E-state index >= 15 is 0 Å². The summed E-state index contributed by atoms with van der Waals surface area (Å²) in [6.45, 7) is 9.70. The zero-order chi connectivity index (χ0) is 14.9. The normalized spacial score (nSPS) is 18.4. The Morgan fingerprint density at radius 1 is 1.50 bits per heavy atom. The minimum absolute atomic E-state index is 0.0682. The fraction of sp³-hybridized carbons (Fsp3) is 0.643. The third kappa shape index (κ3) is 2.75. The Morgan fingerprint density at radius 3 is 2.75 bits per heavy atom. The third-order valence-electron chi connectivity index (χ3n) is 3.44. The molecule has 1 N–H and O–H groups in total. The largest absolute Gasteiger partial charge is 0.476 e. The van der Waals surface area contributed by atoms with Gasteiger partial charge in [-0.1, -0.05) is 13.8 Å². The average Bonchev–Trinajstić information content (AvgIpc) is 2.37. The van der Waals surface area contributed by atoms with Crippen molar-refractivity contribution in [2.24, 2.45) is 0 Å². The van der Waals surface area contributed by atoms with Crippen molar-refractivity contribution in [3.05, 3.63) is 17.7 Å². The highest BCUT2D eigenvalue weighted by Gasteiger charge is 2.34. The Morgan fingerprint density at radius 2 is 2.20 bits per heavy atom. The monoisotopic (exact) mass is 279 g/mol. The lowest BCUT2D eigenvalue weighted by Gasteiger charge is -2.43. The standard InChI is InChI=1S/C14H21N3O3/c1-9(2)12-15-7-10(11(16-12)13(18)19)17-5-6-20-8-14(17,3)4/h7,9H,5-6,8H2,1-4H3,(H,18,19). The van der Waals surface area contributed by atoms with Gasteiger partial charge < -0.3 is 14.7 Å². The van der Waals surface area contributed by atoms with Crippen LogP contribution in [-0.4, -0.2) is 46.3 Å². The van der Waals surface area contributed by atoms with Gasteiger partial charge in [-0.15, -0.1) is 0 Å². The Balaban J connectivity index is 2.47. The smallest absolute Gasteiger partial charge is 0.356 e. The molecule has 0 aromatic carbocycles. The van der Waals surface area contributed by atoms with Gasteiger partial charge in [0.25, 0.3) is 0 Å². The number of carboxylic acid groups (broad SMARTS) is 1. The molecule has 1 aliphatic rings. The summed E-state index contributed by atoms with van der Waals surface area (Å²) >= 11 is 0. The quantitative estimate of drug-likeness (QED) is 0.911. The average molecular weight is 279 g/mol. The van der Waals surface area contributed by atoms with Crippen LogP contribution in [0.5, 0.6) is 0 Å². The summed E-state index contributed by atoms with van der Waals surface area (Å²) < 4.78 is 5.47. The molecular weight excluding hydrogens is 258 g/mol. The Bertz CT molecular complexity index is 514. The van der Waals surface area contributed by atoms with Crippen LogP contribution in [0.15, 0.2) is 6.20 Å². The molecule has 2 heterocycles. The highest BCUT2D eigenvalue weighted by atomic mass is 16.5. The van der Waals surface area contributed by atoms with Crippen LogP contribution < -0.4 is 4.90 Å². The Hall–Kier alpha value is -1.69. The molecule has 20 heavy (non-hydrogen) atoms. The zero-order valence-electron chi connectivity index (χ0n) is 12.4. The maximum atomic E-state index is 11.5. The fourth-order valence-corrected chi connectivity index (χ4v) is 2.33. The molecule has 0 unspecified atom stereocenters. The zero-order valence-corrected chi connectivity index (χ0v) is 12.4. The summed E-state index contributed by atoms with van der Waals surface area (Å²) in [6, 6.07) is 0. The number of rotatable bonds is 3. The van der Waals surface area contributed by atoms with Crippen molar-refractivity contribution < 1.29 is 14.6 Å². The lowest BCUT2D eigenvalue weighted by molar-refractivity contribution is 0.0626. The molecule has 1 aliphatic heterocycles. The lowest BCUT2D eigenvalue weighted by atomic mass is 10.0. The summed E-state index contributed by atoms with van der Waals surface area (Å²) in [4.78, 5) is 22.0. The third-order valence-corrected chi connectivity index (χ3v) is 3.44. The summed E-state index contributed by atoms with van der Waals surface area (Å²) in [5, 5.41) is 9.42. The number of hydrogen-bond acceptors (Lipinski definition) is 5. The van der Waals surface area contributed by atoms with Crippen molar-refractivity contribution in [3.63, 3.8) is 0 Å². The molecule has 0 atom stereocenters. The SMILES string of the molecule is CC(C)c1ncc(N2CCOCC2(C)C)c(C(=O)O)n1. The van der Waals surface area contributed by atoms with Crippen LogP contribution in [0, 0.1) is 0 Å². The molecule has 1 aromatic heterocycles. The van der Waals surface area contributed by atoms with Crippen LogP contribution in [0.4, 0.5) is 5.69 Å². The molecule has 0 bridgehead atoms. The van der Waals surface area contributed by atoms with Crippen molar-refractivity contribution >= 4 is 11.7 Å². The van der Waals surface area contributed by atoms with Crippen LogP contribution >= 0.6 is 0 Å². The van der Waals surface area contributed by atoms with Crippen molar-refractivity contribution in [1.82, 2.24) is 9.97 Å². The van der Waals surface area contributed by atoms with Crippen molar-refractivity contribution in [2.75, 3.05) is 24.7 Å². The van der Waals surface area contributed by atoms with E-state index in [-0.39, 0.29) is 17.2 Å². The van der Waals surface area contributed by atoms with Gasteiger partial charge >= 0.3 is 5.97 Å². The number of morpholine rings is 1. The second-order valence-corrected chi connectivity index (χ2v) is 5.94. The minimum Gasteiger partial charge on any atom is -0.476 e. The number of nitrogens with zero attached hydrogens (tertiary/aromatic N) is 3. The highest BCUT2D eigenvalue weighted by Crippen LogP contribution is 2.29. The van der Waals surface area contributed by atoms with Gasteiger partial charge in [0.1, 0.15) is 5.82 Å². The number of carbonyl (C=O) groups is 1. The van der Waals surface area contributed by atoms with Gasteiger partial charge in [0.05, 0.1) is 30.6 Å². The van der Waals surface area contributed by atoms with Crippen LogP contribution in [0.3, 0.4) is 0 Å². The predicted octanol–water partition coefficient (Wildman–Crippen LogP) is 1.91. The number of hydrogen-bond donors (Lipinski definition) is 1. The molecule has 6 heteroatoms. The van der Waals surface area contributed by atoms with Gasteiger partial charge in [0.15, 0.2) is 5.69 Å². The van der Waals surface area contributed by atoms with E-state index in [1.165, 1.54) is 0 Å². The van der Waals surface area contributed by atoms with E-state index < -0.39 is 5.97 Å². The number of carboxylic acids is 1. The molecule has 6 nitrogen and oxygen atoms in total. The number of aromatic carboxylic acids is 1. The van der Waals surface area contributed by atoms with Crippen LogP contribution in [-0.2, 0) is 4.74 Å². The van der Waals surface area contributed by atoms with Crippen LogP contribution in [0.2, 0.25) is 0 Å². The van der Waals surface area contributed by atoms with Crippen LogP contribution in [0.1, 0.15) is 49.9 Å². The maximum Gasteiger partial charge on any atom is 0.356 e. The predicted molar refractivity (Wildman–Crippen MR) is 75.3 cm³/mol. The van der Waals surface area contributed by atoms with Gasteiger partial charge in [0, 0.05) is 12.5 Å². The summed E-state index contributed by atoms with van der Waals surface area (Å²) in [6.07, 6.45) is 1.62. The van der Waals surface area contributed by atoms with Crippen molar-refractivity contribution in [3.8, 4) is 0 Å². The van der Waals surface area contributed by atoms with E-state index in [2.05, 4.69) is 9.97 Å². The molecular formula is C14H21N3O3. The van der Waals surface area contributed by atoms with E-state index in [1.54, 1.807) is 6.20 Å².